The van der Waals surface area contributed by atoms with E-state index in [1.807, 2.05) is 0 Å². The number of anilines is 1. The van der Waals surface area contributed by atoms with Crippen molar-refractivity contribution in [3.05, 3.63) is 42.2 Å². The lowest BCUT2D eigenvalue weighted by Gasteiger charge is -2.13. The summed E-state index contributed by atoms with van der Waals surface area (Å²) < 4.78 is 24.9. The van der Waals surface area contributed by atoms with Gasteiger partial charge in [0.2, 0.25) is 5.91 Å². The molecule has 0 spiro atoms. The number of hydrogen-bond donors (Lipinski definition) is 2. The van der Waals surface area contributed by atoms with Crippen molar-refractivity contribution >= 4 is 21.4 Å². The van der Waals surface area contributed by atoms with E-state index in [0.29, 0.717) is 5.56 Å². The lowest BCUT2D eigenvalue weighted by Crippen LogP contribution is -2.28. The summed E-state index contributed by atoms with van der Waals surface area (Å²) in [6.45, 7) is 0. The average Bonchev–Trinajstić information content (AvgIpc) is 2.84. The van der Waals surface area contributed by atoms with Crippen LogP contribution in [0.4, 0.5) is 5.69 Å². The Labute approximate surface area is 122 Å². The fourth-order valence-corrected chi connectivity index (χ4v) is 2.70. The number of amides is 1. The standard InChI is InChI=1S/C13H16N4O3S/c1-17-8-9(7-15-17)12(14)13(18)16-10-5-3-4-6-11(10)21(2,19)20/h3-8,12H,14H2,1-2H3,(H,16,18). The largest absolute Gasteiger partial charge is 0.323 e. The number of aromatic nitrogens is 2. The monoisotopic (exact) mass is 308 g/mol. The van der Waals surface area contributed by atoms with E-state index in [9.17, 15) is 13.2 Å². The lowest BCUT2D eigenvalue weighted by atomic mass is 10.1. The topological polar surface area (TPSA) is 107 Å². The van der Waals surface area contributed by atoms with E-state index in [2.05, 4.69) is 10.4 Å². The zero-order chi connectivity index (χ0) is 15.6. The average molecular weight is 308 g/mol. The maximum atomic E-state index is 12.1. The van der Waals surface area contributed by atoms with Crippen molar-refractivity contribution in [3.63, 3.8) is 0 Å². The van der Waals surface area contributed by atoms with Crippen LogP contribution < -0.4 is 11.1 Å². The molecule has 1 atom stereocenters. The van der Waals surface area contributed by atoms with Crippen LogP contribution in [0.2, 0.25) is 0 Å². The Morgan fingerprint density at radius 3 is 2.62 bits per heavy atom. The van der Waals surface area contributed by atoms with Gasteiger partial charge in [0.1, 0.15) is 6.04 Å². The molecular weight excluding hydrogens is 292 g/mol. The van der Waals surface area contributed by atoms with E-state index in [4.69, 9.17) is 5.73 Å². The number of sulfone groups is 1. The van der Waals surface area contributed by atoms with E-state index in [1.54, 1.807) is 25.4 Å². The minimum absolute atomic E-state index is 0.0525. The fourth-order valence-electron chi connectivity index (χ4n) is 1.86. The van der Waals surface area contributed by atoms with Gasteiger partial charge in [-0.1, -0.05) is 12.1 Å². The Balaban J connectivity index is 2.25. The van der Waals surface area contributed by atoms with Crippen LogP contribution in [0.3, 0.4) is 0 Å². The van der Waals surface area contributed by atoms with Crippen molar-refractivity contribution in [3.8, 4) is 0 Å². The molecule has 0 aliphatic heterocycles. The summed E-state index contributed by atoms with van der Waals surface area (Å²) in [7, 11) is -1.72. The zero-order valence-electron chi connectivity index (χ0n) is 11.6. The zero-order valence-corrected chi connectivity index (χ0v) is 12.5. The molecule has 0 bridgehead atoms. The smallest absolute Gasteiger partial charge is 0.246 e. The summed E-state index contributed by atoms with van der Waals surface area (Å²) in [4.78, 5) is 12.2. The first-order chi connectivity index (χ1) is 9.79. The van der Waals surface area contributed by atoms with Crippen LogP contribution in [-0.4, -0.2) is 30.4 Å². The molecule has 1 aromatic heterocycles. The number of nitrogens with zero attached hydrogens (tertiary/aromatic N) is 2. The van der Waals surface area contributed by atoms with Gasteiger partial charge in [-0.2, -0.15) is 5.10 Å². The highest BCUT2D eigenvalue weighted by Gasteiger charge is 2.20. The van der Waals surface area contributed by atoms with Crippen LogP contribution >= 0.6 is 0 Å². The van der Waals surface area contributed by atoms with Gasteiger partial charge in [-0.15, -0.1) is 0 Å². The Hall–Kier alpha value is -2.19. The second kappa shape index (κ2) is 5.66. The summed E-state index contributed by atoms with van der Waals surface area (Å²) in [5.41, 5.74) is 6.60. The van der Waals surface area contributed by atoms with Crippen LogP contribution in [-0.2, 0) is 21.7 Å². The van der Waals surface area contributed by atoms with Crippen molar-refractivity contribution in [1.82, 2.24) is 9.78 Å². The number of nitrogens with one attached hydrogen (secondary N) is 1. The third-order valence-corrected chi connectivity index (χ3v) is 4.07. The van der Waals surface area contributed by atoms with Crippen molar-refractivity contribution in [2.24, 2.45) is 12.8 Å². The SMILES string of the molecule is Cn1cc(C(N)C(=O)Nc2ccccc2S(C)(=O)=O)cn1. The minimum atomic E-state index is -3.44. The molecular formula is C13H16N4O3S. The molecule has 1 amide bonds. The lowest BCUT2D eigenvalue weighted by molar-refractivity contribution is -0.117. The second-order valence-electron chi connectivity index (χ2n) is 4.68. The number of hydrogen-bond acceptors (Lipinski definition) is 5. The maximum Gasteiger partial charge on any atom is 0.246 e. The molecule has 7 nitrogen and oxygen atoms in total. The molecule has 3 N–H and O–H groups in total. The highest BCUT2D eigenvalue weighted by Crippen LogP contribution is 2.22. The van der Waals surface area contributed by atoms with Crippen LogP contribution in [0.5, 0.6) is 0 Å². The van der Waals surface area contributed by atoms with Gasteiger partial charge >= 0.3 is 0 Å². The van der Waals surface area contributed by atoms with Gasteiger partial charge in [-0.05, 0) is 12.1 Å². The molecule has 0 fully saturated rings. The van der Waals surface area contributed by atoms with Crippen molar-refractivity contribution < 1.29 is 13.2 Å². The van der Waals surface area contributed by atoms with Crippen molar-refractivity contribution in [1.29, 1.82) is 0 Å². The highest BCUT2D eigenvalue weighted by atomic mass is 32.2. The van der Waals surface area contributed by atoms with E-state index >= 15 is 0 Å². The number of carbonyl (C=O) groups excluding carboxylic acids is 1. The van der Waals surface area contributed by atoms with Gasteiger partial charge in [0.15, 0.2) is 9.84 Å². The molecule has 0 aliphatic rings. The number of para-hydroxylation sites is 1. The van der Waals surface area contributed by atoms with E-state index < -0.39 is 21.8 Å². The van der Waals surface area contributed by atoms with E-state index in [1.165, 1.54) is 23.0 Å². The molecule has 0 aliphatic carbocycles. The van der Waals surface area contributed by atoms with Gasteiger partial charge in [-0.3, -0.25) is 9.48 Å². The molecule has 0 saturated carbocycles. The van der Waals surface area contributed by atoms with Crippen molar-refractivity contribution in [2.45, 2.75) is 10.9 Å². The van der Waals surface area contributed by atoms with Crippen molar-refractivity contribution in [2.75, 3.05) is 11.6 Å². The number of nitrogens with two attached hydrogens (primary N) is 1. The Morgan fingerprint density at radius 1 is 1.38 bits per heavy atom. The van der Waals surface area contributed by atoms with Gasteiger partial charge in [0, 0.05) is 25.1 Å². The molecule has 0 saturated heterocycles. The van der Waals surface area contributed by atoms with E-state index in [0.717, 1.165) is 6.26 Å². The molecule has 2 aromatic rings. The molecule has 1 aromatic carbocycles. The third-order valence-electron chi connectivity index (χ3n) is 2.91. The highest BCUT2D eigenvalue weighted by molar-refractivity contribution is 7.90. The quantitative estimate of drug-likeness (QED) is 0.853. The molecule has 2 rings (SSSR count). The first kappa shape index (κ1) is 15.2. The van der Waals surface area contributed by atoms with Crippen LogP contribution in [0.1, 0.15) is 11.6 Å². The Bertz CT molecular complexity index is 767. The maximum absolute atomic E-state index is 12.1. The third kappa shape index (κ3) is 3.47. The van der Waals surface area contributed by atoms with Gasteiger partial charge < -0.3 is 11.1 Å². The Morgan fingerprint density at radius 2 is 2.05 bits per heavy atom. The van der Waals surface area contributed by atoms with Gasteiger partial charge in [-0.25, -0.2) is 8.42 Å². The predicted molar refractivity (Wildman–Crippen MR) is 78.3 cm³/mol. The molecule has 21 heavy (non-hydrogen) atoms. The van der Waals surface area contributed by atoms with Crippen LogP contribution in [0, 0.1) is 0 Å². The summed E-state index contributed by atoms with van der Waals surface area (Å²) in [6, 6.07) is 5.25. The van der Waals surface area contributed by atoms with Gasteiger partial charge in [0.05, 0.1) is 16.8 Å². The normalized spacial score (nSPS) is 12.9. The molecule has 1 heterocycles. The molecule has 112 valence electrons. The van der Waals surface area contributed by atoms with Crippen LogP contribution in [0.15, 0.2) is 41.6 Å². The number of benzene rings is 1. The molecule has 8 heteroatoms. The minimum Gasteiger partial charge on any atom is -0.323 e. The summed E-state index contributed by atoms with van der Waals surface area (Å²) >= 11 is 0. The predicted octanol–water partition coefficient (Wildman–Crippen LogP) is 0.462. The number of carbonyl (C=O) groups is 1. The summed E-state index contributed by atoms with van der Waals surface area (Å²) in [5.74, 6) is -0.501. The fraction of sp³-hybridized carbons (Fsp3) is 0.231. The number of aryl methyl sites for hydroxylation is 1. The first-order valence-electron chi connectivity index (χ1n) is 6.13. The van der Waals surface area contributed by atoms with Gasteiger partial charge in [0.25, 0.3) is 0 Å². The molecule has 0 radical (unpaired) electrons. The summed E-state index contributed by atoms with van der Waals surface area (Å²) in [5, 5.41) is 6.49. The first-order valence-corrected chi connectivity index (χ1v) is 8.02. The number of rotatable bonds is 4. The van der Waals surface area contributed by atoms with Crippen LogP contribution in [0.25, 0.3) is 0 Å². The second-order valence-corrected chi connectivity index (χ2v) is 6.67. The summed E-state index contributed by atoms with van der Waals surface area (Å²) in [6.07, 6.45) is 4.21. The molecule has 1 unspecified atom stereocenters. The van der Waals surface area contributed by atoms with E-state index in [-0.39, 0.29) is 10.6 Å². The Kier molecular flexibility index (Phi) is 4.10.